The van der Waals surface area contributed by atoms with E-state index in [2.05, 4.69) is 5.32 Å². The Balaban J connectivity index is 2.69. The third-order valence-corrected chi connectivity index (χ3v) is 3.23. The standard InChI is InChI=1S/C11H11ClF3NO2S/c1-6(19-11(13,14)15)10(17)16-7-3-4-9(18-2)8(12)5-7/h3-6H,1-2H3,(H,16,17)/t6-/m1/s1. The van der Waals surface area contributed by atoms with Crippen LogP contribution < -0.4 is 10.1 Å². The normalized spacial score (nSPS) is 12.9. The fourth-order valence-electron chi connectivity index (χ4n) is 1.24. The van der Waals surface area contributed by atoms with Crippen LogP contribution in [-0.2, 0) is 4.79 Å². The monoisotopic (exact) mass is 313 g/mol. The van der Waals surface area contributed by atoms with Gasteiger partial charge in [-0.2, -0.15) is 13.2 Å². The fraction of sp³-hybridized carbons (Fsp3) is 0.364. The predicted octanol–water partition coefficient (Wildman–Crippen LogP) is 3.93. The van der Waals surface area contributed by atoms with Crippen LogP contribution in [0.15, 0.2) is 18.2 Å². The number of hydrogen-bond acceptors (Lipinski definition) is 3. The Bertz CT molecular complexity index is 468. The third-order valence-electron chi connectivity index (χ3n) is 2.10. The summed E-state index contributed by atoms with van der Waals surface area (Å²) >= 11 is 5.46. The number of carbonyl (C=O) groups is 1. The number of benzene rings is 1. The Labute approximate surface area is 117 Å². The minimum Gasteiger partial charge on any atom is -0.495 e. The fourth-order valence-corrected chi connectivity index (χ4v) is 2.07. The molecule has 19 heavy (non-hydrogen) atoms. The highest BCUT2D eigenvalue weighted by molar-refractivity contribution is 8.01. The molecule has 1 N–H and O–H groups in total. The molecule has 3 nitrogen and oxygen atoms in total. The van der Waals surface area contributed by atoms with Crippen LogP contribution in [0, 0.1) is 0 Å². The first kappa shape index (κ1) is 16.0. The second-order valence-corrected chi connectivity index (χ2v) is 5.36. The van der Waals surface area contributed by atoms with Gasteiger partial charge in [-0.15, -0.1) is 0 Å². The van der Waals surface area contributed by atoms with Crippen LogP contribution in [0.2, 0.25) is 5.02 Å². The number of carbonyl (C=O) groups excluding carboxylic acids is 1. The number of ether oxygens (including phenoxy) is 1. The third kappa shape index (κ3) is 5.20. The molecule has 106 valence electrons. The van der Waals surface area contributed by atoms with Gasteiger partial charge in [0.1, 0.15) is 5.75 Å². The summed E-state index contributed by atoms with van der Waals surface area (Å²) in [6.45, 7) is 1.18. The van der Waals surface area contributed by atoms with Crippen LogP contribution in [0.4, 0.5) is 18.9 Å². The van der Waals surface area contributed by atoms with Crippen molar-refractivity contribution >= 4 is 35.0 Å². The van der Waals surface area contributed by atoms with Crippen molar-refractivity contribution in [1.82, 2.24) is 0 Å². The molecule has 1 rings (SSSR count). The lowest BCUT2D eigenvalue weighted by Gasteiger charge is -2.14. The van der Waals surface area contributed by atoms with Crippen molar-refractivity contribution in [2.75, 3.05) is 12.4 Å². The maximum absolute atomic E-state index is 12.1. The molecule has 0 aliphatic heterocycles. The average molecular weight is 314 g/mol. The highest BCUT2D eigenvalue weighted by Crippen LogP contribution is 2.34. The molecule has 0 fully saturated rings. The number of anilines is 1. The van der Waals surface area contributed by atoms with Gasteiger partial charge in [-0.3, -0.25) is 4.79 Å². The zero-order valence-corrected chi connectivity index (χ0v) is 11.6. The molecule has 1 aromatic rings. The van der Waals surface area contributed by atoms with Crippen LogP contribution in [0.25, 0.3) is 0 Å². The Morgan fingerprint density at radius 3 is 2.58 bits per heavy atom. The Morgan fingerprint density at radius 2 is 2.11 bits per heavy atom. The van der Waals surface area contributed by atoms with Gasteiger partial charge in [-0.1, -0.05) is 11.6 Å². The topological polar surface area (TPSA) is 38.3 Å². The summed E-state index contributed by atoms with van der Waals surface area (Å²) < 4.78 is 41.3. The highest BCUT2D eigenvalue weighted by Gasteiger charge is 2.34. The van der Waals surface area contributed by atoms with E-state index < -0.39 is 16.7 Å². The van der Waals surface area contributed by atoms with Gasteiger partial charge >= 0.3 is 5.51 Å². The van der Waals surface area contributed by atoms with Crippen LogP contribution in [0.5, 0.6) is 5.75 Å². The lowest BCUT2D eigenvalue weighted by atomic mass is 10.3. The number of methoxy groups -OCH3 is 1. The Hall–Kier alpha value is -1.08. The first-order chi connectivity index (χ1) is 8.73. The number of alkyl halides is 3. The summed E-state index contributed by atoms with van der Waals surface area (Å²) in [6, 6.07) is 4.41. The number of hydrogen-bond donors (Lipinski definition) is 1. The molecule has 0 aromatic heterocycles. The maximum Gasteiger partial charge on any atom is 0.442 e. The van der Waals surface area contributed by atoms with Gasteiger partial charge in [0.25, 0.3) is 0 Å². The van der Waals surface area contributed by atoms with Gasteiger partial charge in [0, 0.05) is 5.69 Å². The van der Waals surface area contributed by atoms with Crippen molar-refractivity contribution in [2.45, 2.75) is 17.7 Å². The quantitative estimate of drug-likeness (QED) is 0.915. The number of nitrogens with one attached hydrogen (secondary N) is 1. The lowest BCUT2D eigenvalue weighted by Crippen LogP contribution is -2.25. The number of amides is 1. The van der Waals surface area contributed by atoms with Gasteiger partial charge in [-0.05, 0) is 36.9 Å². The minimum absolute atomic E-state index is 0.261. The smallest absolute Gasteiger partial charge is 0.442 e. The van der Waals surface area contributed by atoms with Crippen LogP contribution in [-0.4, -0.2) is 23.8 Å². The summed E-state index contributed by atoms with van der Waals surface area (Å²) in [5.41, 5.74) is -4.14. The van der Waals surface area contributed by atoms with Gasteiger partial charge in [-0.25, -0.2) is 0 Å². The van der Waals surface area contributed by atoms with Crippen molar-refractivity contribution < 1.29 is 22.7 Å². The Kier molecular flexibility index (Phi) is 5.37. The molecule has 0 aliphatic rings. The van der Waals surface area contributed by atoms with E-state index in [1.165, 1.54) is 32.2 Å². The van der Waals surface area contributed by atoms with Crippen LogP contribution in [0.3, 0.4) is 0 Å². The summed E-state index contributed by atoms with van der Waals surface area (Å²) in [4.78, 5) is 11.5. The van der Waals surface area contributed by atoms with E-state index >= 15 is 0 Å². The average Bonchev–Trinajstić information content (AvgIpc) is 2.27. The van der Waals surface area contributed by atoms with Crippen molar-refractivity contribution in [3.8, 4) is 5.75 Å². The molecule has 0 spiro atoms. The van der Waals surface area contributed by atoms with E-state index in [-0.39, 0.29) is 16.8 Å². The van der Waals surface area contributed by atoms with Gasteiger partial charge in [0.2, 0.25) is 5.91 Å². The van der Waals surface area contributed by atoms with E-state index in [1.807, 2.05) is 0 Å². The predicted molar refractivity (Wildman–Crippen MR) is 69.7 cm³/mol. The van der Waals surface area contributed by atoms with E-state index in [9.17, 15) is 18.0 Å². The summed E-state index contributed by atoms with van der Waals surface area (Å²) in [7, 11) is 1.43. The first-order valence-electron chi connectivity index (χ1n) is 5.12. The molecule has 0 aliphatic carbocycles. The zero-order valence-electron chi connectivity index (χ0n) is 10.0. The molecular weight excluding hydrogens is 303 g/mol. The molecule has 0 bridgehead atoms. The number of thioether (sulfide) groups is 1. The van der Waals surface area contributed by atoms with E-state index in [0.29, 0.717) is 11.4 Å². The molecule has 0 saturated carbocycles. The van der Waals surface area contributed by atoms with Gasteiger partial charge in [0.05, 0.1) is 17.4 Å². The number of rotatable bonds is 4. The second-order valence-electron chi connectivity index (χ2n) is 3.54. The van der Waals surface area contributed by atoms with Gasteiger partial charge < -0.3 is 10.1 Å². The Morgan fingerprint density at radius 1 is 1.47 bits per heavy atom. The van der Waals surface area contributed by atoms with E-state index in [1.54, 1.807) is 0 Å². The molecule has 0 heterocycles. The first-order valence-corrected chi connectivity index (χ1v) is 6.37. The van der Waals surface area contributed by atoms with E-state index in [4.69, 9.17) is 16.3 Å². The molecule has 0 radical (unpaired) electrons. The summed E-state index contributed by atoms with van der Waals surface area (Å²) in [5.74, 6) is -0.332. The molecular formula is C11H11ClF3NO2S. The molecule has 1 aromatic carbocycles. The minimum atomic E-state index is -4.45. The summed E-state index contributed by atoms with van der Waals surface area (Å²) in [6.07, 6.45) is 0. The lowest BCUT2D eigenvalue weighted by molar-refractivity contribution is -0.115. The van der Waals surface area contributed by atoms with Crippen molar-refractivity contribution in [3.05, 3.63) is 23.2 Å². The molecule has 0 saturated heterocycles. The van der Waals surface area contributed by atoms with E-state index in [0.717, 1.165) is 0 Å². The highest BCUT2D eigenvalue weighted by atomic mass is 35.5. The second kappa shape index (κ2) is 6.38. The molecule has 1 amide bonds. The molecule has 8 heteroatoms. The van der Waals surface area contributed by atoms with Gasteiger partial charge in [0.15, 0.2) is 0 Å². The molecule has 0 unspecified atom stereocenters. The zero-order chi connectivity index (χ0) is 14.6. The van der Waals surface area contributed by atoms with Crippen molar-refractivity contribution in [1.29, 1.82) is 0 Å². The van der Waals surface area contributed by atoms with Crippen LogP contribution in [0.1, 0.15) is 6.92 Å². The summed E-state index contributed by atoms with van der Waals surface area (Å²) in [5, 5.41) is 1.37. The van der Waals surface area contributed by atoms with Crippen LogP contribution >= 0.6 is 23.4 Å². The van der Waals surface area contributed by atoms with Crippen molar-refractivity contribution in [2.24, 2.45) is 0 Å². The maximum atomic E-state index is 12.1. The largest absolute Gasteiger partial charge is 0.495 e. The number of halogens is 4. The molecule has 1 atom stereocenters. The SMILES string of the molecule is COc1ccc(NC(=O)[C@@H](C)SC(F)(F)F)cc1Cl. The van der Waals surface area contributed by atoms with Crippen molar-refractivity contribution in [3.63, 3.8) is 0 Å².